The molecular weight excluding hydrogens is 354 g/mol. The molecule has 7 heteroatoms. The van der Waals surface area contributed by atoms with E-state index in [0.29, 0.717) is 17.7 Å². The van der Waals surface area contributed by atoms with Crippen LogP contribution in [0.4, 0.5) is 0 Å². The maximum absolute atomic E-state index is 12.5. The molecule has 0 aliphatic carbocycles. The van der Waals surface area contributed by atoms with E-state index in [0.717, 1.165) is 41.9 Å². The summed E-state index contributed by atoms with van der Waals surface area (Å²) in [5.41, 5.74) is 3.92. The minimum Gasteiger partial charge on any atom is -0.441 e. The molecule has 142 valence electrons. The van der Waals surface area contributed by atoms with Crippen LogP contribution in [0.25, 0.3) is 16.8 Å². The molecule has 0 radical (unpaired) electrons. The Hall–Kier alpha value is -3.48. The average molecular weight is 375 g/mol. The van der Waals surface area contributed by atoms with Gasteiger partial charge in [-0.05, 0) is 42.3 Å². The van der Waals surface area contributed by atoms with Crippen LogP contribution in [0.2, 0.25) is 0 Å². The molecule has 0 spiro atoms. The lowest BCUT2D eigenvalue weighted by Crippen LogP contribution is -2.22. The summed E-state index contributed by atoms with van der Waals surface area (Å²) in [5.74, 6) is 0.585. The molecule has 0 unspecified atom stereocenters. The van der Waals surface area contributed by atoms with Gasteiger partial charge in [0.2, 0.25) is 0 Å². The van der Waals surface area contributed by atoms with E-state index in [1.54, 1.807) is 29.2 Å². The number of amides is 1. The Kier molecular flexibility index (Phi) is 5.14. The van der Waals surface area contributed by atoms with Gasteiger partial charge in [0, 0.05) is 18.5 Å². The fourth-order valence-electron chi connectivity index (χ4n) is 2.94. The molecule has 0 bridgehead atoms. The second kappa shape index (κ2) is 8.04. The number of aromatic nitrogens is 4. The van der Waals surface area contributed by atoms with Crippen LogP contribution < -0.4 is 5.32 Å². The van der Waals surface area contributed by atoms with Crippen LogP contribution in [0.1, 0.15) is 41.6 Å². The smallest absolute Gasteiger partial charge is 0.251 e. The minimum atomic E-state index is -0.139. The second-order valence-electron chi connectivity index (χ2n) is 6.58. The molecule has 4 aromatic rings. The van der Waals surface area contributed by atoms with E-state index >= 15 is 0 Å². The lowest BCUT2D eigenvalue weighted by Gasteiger charge is -2.06. The number of fused-ring (bicyclic) bond motifs is 1. The molecule has 2 heterocycles. The first kappa shape index (κ1) is 17.9. The summed E-state index contributed by atoms with van der Waals surface area (Å²) in [4.78, 5) is 20.9. The number of benzene rings is 2. The molecule has 0 saturated heterocycles. The van der Waals surface area contributed by atoms with Gasteiger partial charge in [-0.3, -0.25) is 4.79 Å². The largest absolute Gasteiger partial charge is 0.441 e. The van der Waals surface area contributed by atoms with Gasteiger partial charge in [0.15, 0.2) is 11.5 Å². The number of carbonyl (C=O) groups excluding carboxylic acids is 1. The van der Waals surface area contributed by atoms with Crippen molar-refractivity contribution in [3.8, 4) is 5.69 Å². The number of hydrogen-bond donors (Lipinski definition) is 1. The molecule has 0 fully saturated rings. The van der Waals surface area contributed by atoms with Crippen LogP contribution in [0.5, 0.6) is 0 Å². The van der Waals surface area contributed by atoms with Crippen molar-refractivity contribution < 1.29 is 9.21 Å². The molecule has 28 heavy (non-hydrogen) atoms. The highest BCUT2D eigenvalue weighted by atomic mass is 16.3. The van der Waals surface area contributed by atoms with Crippen molar-refractivity contribution in [2.75, 3.05) is 0 Å². The van der Waals surface area contributed by atoms with Gasteiger partial charge in [-0.1, -0.05) is 25.5 Å². The van der Waals surface area contributed by atoms with Gasteiger partial charge in [0.1, 0.15) is 18.2 Å². The Morgan fingerprint density at radius 2 is 2.04 bits per heavy atom. The highest BCUT2D eigenvalue weighted by molar-refractivity contribution is 5.97. The first-order valence-electron chi connectivity index (χ1n) is 9.34. The van der Waals surface area contributed by atoms with Crippen molar-refractivity contribution >= 4 is 17.0 Å². The van der Waals surface area contributed by atoms with E-state index < -0.39 is 0 Å². The van der Waals surface area contributed by atoms with Gasteiger partial charge in [0.05, 0.1) is 5.69 Å². The predicted molar refractivity (Wildman–Crippen MR) is 105 cm³/mol. The fourth-order valence-corrected chi connectivity index (χ4v) is 2.94. The lowest BCUT2D eigenvalue weighted by atomic mass is 10.1. The second-order valence-corrected chi connectivity index (χ2v) is 6.58. The van der Waals surface area contributed by atoms with E-state index in [-0.39, 0.29) is 5.91 Å². The maximum Gasteiger partial charge on any atom is 0.251 e. The first-order chi connectivity index (χ1) is 13.7. The van der Waals surface area contributed by atoms with Gasteiger partial charge in [-0.2, -0.15) is 5.10 Å². The van der Waals surface area contributed by atoms with Gasteiger partial charge >= 0.3 is 0 Å². The number of aryl methyl sites for hydroxylation is 1. The predicted octanol–water partition coefficient (Wildman–Crippen LogP) is 3.68. The SMILES string of the molecule is CCCCc1nc2cc(C(=O)NCc3ccc(-n4cncn4)cc3)ccc2o1. The van der Waals surface area contributed by atoms with E-state index in [9.17, 15) is 4.79 Å². The number of carbonyl (C=O) groups is 1. The lowest BCUT2D eigenvalue weighted by molar-refractivity contribution is 0.0951. The van der Waals surface area contributed by atoms with Crippen molar-refractivity contribution in [1.29, 1.82) is 0 Å². The van der Waals surface area contributed by atoms with Crippen molar-refractivity contribution in [2.24, 2.45) is 0 Å². The highest BCUT2D eigenvalue weighted by Crippen LogP contribution is 2.18. The highest BCUT2D eigenvalue weighted by Gasteiger charge is 2.10. The molecule has 0 aliphatic heterocycles. The van der Waals surface area contributed by atoms with E-state index in [2.05, 4.69) is 27.3 Å². The third-order valence-electron chi connectivity index (χ3n) is 4.51. The Labute approximate surface area is 162 Å². The number of oxazole rings is 1. The topological polar surface area (TPSA) is 85.8 Å². The summed E-state index contributed by atoms with van der Waals surface area (Å²) in [6.07, 6.45) is 6.08. The molecule has 0 aliphatic rings. The molecular formula is C21H21N5O2. The quantitative estimate of drug-likeness (QED) is 0.532. The monoisotopic (exact) mass is 375 g/mol. The van der Waals surface area contributed by atoms with E-state index in [4.69, 9.17) is 4.42 Å². The van der Waals surface area contributed by atoms with Gasteiger partial charge < -0.3 is 9.73 Å². The van der Waals surface area contributed by atoms with Gasteiger partial charge in [0.25, 0.3) is 5.91 Å². The third-order valence-corrected chi connectivity index (χ3v) is 4.51. The summed E-state index contributed by atoms with van der Waals surface area (Å²) in [6, 6.07) is 13.1. The molecule has 0 atom stereocenters. The van der Waals surface area contributed by atoms with Crippen LogP contribution in [-0.2, 0) is 13.0 Å². The van der Waals surface area contributed by atoms with Crippen molar-refractivity contribution in [2.45, 2.75) is 32.7 Å². The third kappa shape index (κ3) is 3.93. The van der Waals surface area contributed by atoms with Gasteiger partial charge in [-0.15, -0.1) is 0 Å². The average Bonchev–Trinajstić information content (AvgIpc) is 3.40. The molecule has 0 saturated carbocycles. The normalized spacial score (nSPS) is 11.0. The Morgan fingerprint density at radius 1 is 1.18 bits per heavy atom. The Balaban J connectivity index is 1.40. The number of unbranched alkanes of at least 4 members (excludes halogenated alkanes) is 1. The maximum atomic E-state index is 12.5. The zero-order valence-corrected chi connectivity index (χ0v) is 15.6. The van der Waals surface area contributed by atoms with Crippen molar-refractivity contribution in [3.63, 3.8) is 0 Å². The summed E-state index contributed by atoms with van der Waals surface area (Å²) >= 11 is 0. The standard InChI is InChI=1S/C21H21N5O2/c1-2-3-4-20-25-18-11-16(7-10-19(18)28-20)21(27)23-12-15-5-8-17(9-6-15)26-14-22-13-24-26/h5-11,13-14H,2-4,12H2,1H3,(H,23,27). The molecule has 1 N–H and O–H groups in total. The Bertz CT molecular complexity index is 1070. The zero-order valence-electron chi connectivity index (χ0n) is 15.6. The van der Waals surface area contributed by atoms with Crippen LogP contribution >= 0.6 is 0 Å². The number of hydrogen-bond acceptors (Lipinski definition) is 5. The molecule has 4 rings (SSSR count). The van der Waals surface area contributed by atoms with Crippen molar-refractivity contribution in [3.05, 3.63) is 72.1 Å². The summed E-state index contributed by atoms with van der Waals surface area (Å²) in [6.45, 7) is 2.57. The van der Waals surface area contributed by atoms with E-state index in [1.165, 1.54) is 6.33 Å². The molecule has 1 amide bonds. The summed E-state index contributed by atoms with van der Waals surface area (Å²) < 4.78 is 7.41. The van der Waals surface area contributed by atoms with E-state index in [1.807, 2.05) is 24.3 Å². The summed E-state index contributed by atoms with van der Waals surface area (Å²) in [5, 5.41) is 7.04. The molecule has 7 nitrogen and oxygen atoms in total. The molecule has 2 aromatic carbocycles. The zero-order chi connectivity index (χ0) is 19.3. The van der Waals surface area contributed by atoms with Crippen molar-refractivity contribution in [1.82, 2.24) is 25.1 Å². The first-order valence-corrected chi connectivity index (χ1v) is 9.34. The number of nitrogens with zero attached hydrogens (tertiary/aromatic N) is 4. The Morgan fingerprint density at radius 3 is 2.79 bits per heavy atom. The minimum absolute atomic E-state index is 0.139. The molecule has 2 aromatic heterocycles. The van der Waals surface area contributed by atoms with Crippen LogP contribution in [0.3, 0.4) is 0 Å². The van der Waals surface area contributed by atoms with Crippen LogP contribution in [-0.4, -0.2) is 25.7 Å². The van der Waals surface area contributed by atoms with Crippen LogP contribution in [0.15, 0.2) is 59.5 Å². The van der Waals surface area contributed by atoms with Crippen LogP contribution in [0, 0.1) is 0 Å². The number of nitrogens with one attached hydrogen (secondary N) is 1. The fraction of sp³-hybridized carbons (Fsp3) is 0.238. The van der Waals surface area contributed by atoms with Gasteiger partial charge in [-0.25, -0.2) is 14.6 Å². The number of rotatable bonds is 7. The summed E-state index contributed by atoms with van der Waals surface area (Å²) in [7, 11) is 0.